The van der Waals surface area contributed by atoms with E-state index in [2.05, 4.69) is 58.1 Å². The molecule has 1 fully saturated rings. The monoisotopic (exact) mass is 341 g/mol. The minimum absolute atomic E-state index is 0.838. The molecule has 0 heterocycles. The highest BCUT2D eigenvalue weighted by Gasteiger charge is 2.14. The van der Waals surface area contributed by atoms with Gasteiger partial charge in [-0.05, 0) is 43.5 Å². The molecule has 1 nitrogen and oxygen atoms in total. The Balaban J connectivity index is 1.90. The molecule has 1 saturated carbocycles. The second-order valence-corrected chi connectivity index (χ2v) is 7.54. The van der Waals surface area contributed by atoms with Crippen LogP contribution in [0.4, 0.5) is 0 Å². The van der Waals surface area contributed by atoms with Gasteiger partial charge < -0.3 is 5.32 Å². The Morgan fingerprint density at radius 3 is 2.74 bits per heavy atom. The summed E-state index contributed by atoms with van der Waals surface area (Å²) in [5.74, 6) is 0. The minimum Gasteiger partial charge on any atom is -0.313 e. The van der Waals surface area contributed by atoms with Crippen molar-refractivity contribution in [3.05, 3.63) is 28.2 Å². The van der Waals surface area contributed by atoms with Gasteiger partial charge in [0.05, 0.1) is 0 Å². The molecule has 1 aliphatic rings. The first-order chi connectivity index (χ1) is 9.29. The van der Waals surface area contributed by atoms with E-state index in [1.807, 2.05) is 0 Å². The van der Waals surface area contributed by atoms with Crippen LogP contribution in [0.5, 0.6) is 0 Å². The third-order valence-electron chi connectivity index (χ3n) is 3.62. The topological polar surface area (TPSA) is 12.0 Å². The van der Waals surface area contributed by atoms with E-state index in [1.165, 1.54) is 53.5 Å². The summed E-state index contributed by atoms with van der Waals surface area (Å²) in [7, 11) is 0. The molecule has 1 N–H and O–H groups in total. The van der Waals surface area contributed by atoms with Gasteiger partial charge in [-0.3, -0.25) is 0 Å². The second-order valence-electron chi connectivity index (χ2n) is 5.31. The molecule has 0 saturated heterocycles. The molecule has 0 atom stereocenters. The van der Waals surface area contributed by atoms with Crippen LogP contribution in [-0.4, -0.2) is 11.8 Å². The van der Waals surface area contributed by atoms with Crippen LogP contribution in [0.2, 0.25) is 0 Å². The molecular weight excluding hydrogens is 318 g/mol. The van der Waals surface area contributed by atoms with Gasteiger partial charge >= 0.3 is 0 Å². The molecule has 106 valence electrons. The van der Waals surface area contributed by atoms with Crippen LogP contribution in [-0.2, 0) is 6.54 Å². The number of halogens is 1. The molecule has 0 aromatic heterocycles. The number of thioether (sulfide) groups is 1. The first kappa shape index (κ1) is 15.4. The predicted octanol–water partition coefficient (Wildman–Crippen LogP) is 5.37. The normalized spacial score (nSPS) is 16.7. The third-order valence-corrected chi connectivity index (χ3v) is 5.69. The number of nitrogens with one attached hydrogen (secondary N) is 1. The lowest BCUT2D eigenvalue weighted by molar-refractivity contribution is 0.516. The Morgan fingerprint density at radius 2 is 2.05 bits per heavy atom. The third kappa shape index (κ3) is 5.13. The van der Waals surface area contributed by atoms with Crippen molar-refractivity contribution in [2.45, 2.75) is 62.1 Å². The van der Waals surface area contributed by atoms with Crippen LogP contribution >= 0.6 is 27.7 Å². The van der Waals surface area contributed by atoms with Crippen molar-refractivity contribution in [1.82, 2.24) is 5.32 Å². The minimum atomic E-state index is 0.838. The van der Waals surface area contributed by atoms with Gasteiger partial charge in [-0.1, -0.05) is 48.2 Å². The molecule has 0 unspecified atom stereocenters. The molecule has 0 spiro atoms. The fraction of sp³-hybridized carbons (Fsp3) is 0.625. The summed E-state index contributed by atoms with van der Waals surface area (Å²) < 4.78 is 1.25. The second kappa shape index (κ2) is 8.33. The number of rotatable bonds is 6. The molecule has 0 aliphatic heterocycles. The SMILES string of the molecule is CCCNCc1ccc(SC2CCCCC2)cc1Br. The maximum Gasteiger partial charge on any atom is 0.0231 e. The van der Waals surface area contributed by atoms with Crippen molar-refractivity contribution in [1.29, 1.82) is 0 Å². The fourth-order valence-electron chi connectivity index (χ4n) is 2.52. The fourth-order valence-corrected chi connectivity index (χ4v) is 4.48. The van der Waals surface area contributed by atoms with Crippen LogP contribution in [0.1, 0.15) is 51.0 Å². The van der Waals surface area contributed by atoms with Crippen LogP contribution < -0.4 is 5.32 Å². The summed E-state index contributed by atoms with van der Waals surface area (Å²) in [6.45, 7) is 4.25. The molecule has 2 rings (SSSR count). The van der Waals surface area contributed by atoms with Crippen molar-refractivity contribution in [3.8, 4) is 0 Å². The zero-order valence-corrected chi connectivity index (χ0v) is 14.2. The lowest BCUT2D eigenvalue weighted by Crippen LogP contribution is -2.14. The molecule has 1 aromatic carbocycles. The summed E-state index contributed by atoms with van der Waals surface area (Å²) in [5.41, 5.74) is 1.36. The van der Waals surface area contributed by atoms with E-state index in [0.29, 0.717) is 0 Å². The van der Waals surface area contributed by atoms with Crippen LogP contribution in [0.3, 0.4) is 0 Å². The van der Waals surface area contributed by atoms with Crippen molar-refractivity contribution < 1.29 is 0 Å². The quantitative estimate of drug-likeness (QED) is 0.697. The van der Waals surface area contributed by atoms with E-state index in [0.717, 1.165) is 18.3 Å². The Bertz CT molecular complexity index is 388. The maximum atomic E-state index is 3.71. The van der Waals surface area contributed by atoms with Crippen LogP contribution in [0.25, 0.3) is 0 Å². The van der Waals surface area contributed by atoms with Crippen molar-refractivity contribution in [2.75, 3.05) is 6.54 Å². The van der Waals surface area contributed by atoms with Gasteiger partial charge in [0.1, 0.15) is 0 Å². The maximum absolute atomic E-state index is 3.71. The summed E-state index contributed by atoms with van der Waals surface area (Å²) in [5, 5.41) is 4.29. The van der Waals surface area contributed by atoms with Gasteiger partial charge in [0, 0.05) is 21.2 Å². The average molecular weight is 342 g/mol. The van der Waals surface area contributed by atoms with Crippen molar-refractivity contribution in [3.63, 3.8) is 0 Å². The molecule has 0 amide bonds. The van der Waals surface area contributed by atoms with E-state index in [-0.39, 0.29) is 0 Å². The molecular formula is C16H24BrNS. The van der Waals surface area contributed by atoms with E-state index < -0.39 is 0 Å². The van der Waals surface area contributed by atoms with Crippen molar-refractivity contribution in [2.24, 2.45) is 0 Å². The summed E-state index contributed by atoms with van der Waals surface area (Å²) >= 11 is 5.78. The van der Waals surface area contributed by atoms with E-state index in [9.17, 15) is 0 Å². The Kier molecular flexibility index (Phi) is 6.75. The molecule has 1 aliphatic carbocycles. The Labute approximate surface area is 130 Å². The molecule has 0 bridgehead atoms. The molecule has 3 heteroatoms. The zero-order valence-electron chi connectivity index (χ0n) is 11.8. The van der Waals surface area contributed by atoms with Crippen LogP contribution in [0, 0.1) is 0 Å². The zero-order chi connectivity index (χ0) is 13.5. The Hall–Kier alpha value is 0.01000. The Morgan fingerprint density at radius 1 is 1.26 bits per heavy atom. The molecule has 19 heavy (non-hydrogen) atoms. The summed E-state index contributed by atoms with van der Waals surface area (Å²) in [4.78, 5) is 1.41. The van der Waals surface area contributed by atoms with Gasteiger partial charge in [-0.15, -0.1) is 11.8 Å². The van der Waals surface area contributed by atoms with Crippen LogP contribution in [0.15, 0.2) is 27.6 Å². The highest BCUT2D eigenvalue weighted by atomic mass is 79.9. The summed E-state index contributed by atoms with van der Waals surface area (Å²) in [6, 6.07) is 6.84. The largest absolute Gasteiger partial charge is 0.313 e. The summed E-state index contributed by atoms with van der Waals surface area (Å²) in [6.07, 6.45) is 8.23. The lowest BCUT2D eigenvalue weighted by Gasteiger charge is -2.21. The number of hydrogen-bond donors (Lipinski definition) is 1. The van der Waals surface area contributed by atoms with E-state index in [1.54, 1.807) is 0 Å². The van der Waals surface area contributed by atoms with Gasteiger partial charge in [-0.25, -0.2) is 0 Å². The number of benzene rings is 1. The smallest absolute Gasteiger partial charge is 0.0231 e. The molecule has 0 radical (unpaired) electrons. The molecule has 1 aromatic rings. The highest BCUT2D eigenvalue weighted by molar-refractivity contribution is 9.10. The standard InChI is InChI=1S/C16H24BrNS/c1-2-10-18-12-13-8-9-15(11-16(13)17)19-14-6-4-3-5-7-14/h8-9,11,14,18H,2-7,10,12H2,1H3. The lowest BCUT2D eigenvalue weighted by atomic mass is 10.0. The number of hydrogen-bond acceptors (Lipinski definition) is 2. The average Bonchev–Trinajstić information content (AvgIpc) is 2.43. The first-order valence-electron chi connectivity index (χ1n) is 7.45. The van der Waals surface area contributed by atoms with E-state index >= 15 is 0 Å². The highest BCUT2D eigenvalue weighted by Crippen LogP contribution is 2.35. The first-order valence-corrected chi connectivity index (χ1v) is 9.12. The predicted molar refractivity (Wildman–Crippen MR) is 88.9 cm³/mol. The van der Waals surface area contributed by atoms with Gasteiger partial charge in [0.15, 0.2) is 0 Å². The van der Waals surface area contributed by atoms with Gasteiger partial charge in [0.2, 0.25) is 0 Å². The van der Waals surface area contributed by atoms with Gasteiger partial charge in [-0.2, -0.15) is 0 Å². The van der Waals surface area contributed by atoms with Gasteiger partial charge in [0.25, 0.3) is 0 Å². The van der Waals surface area contributed by atoms with E-state index in [4.69, 9.17) is 0 Å². The van der Waals surface area contributed by atoms with Crippen molar-refractivity contribution >= 4 is 27.7 Å².